The van der Waals surface area contributed by atoms with E-state index in [2.05, 4.69) is 77.1 Å². The van der Waals surface area contributed by atoms with Crippen LogP contribution in [0.25, 0.3) is 0 Å². The Bertz CT molecular complexity index is 725. The van der Waals surface area contributed by atoms with Crippen LogP contribution in [-0.2, 0) is 11.8 Å². The smallest absolute Gasteiger partial charge is 0.161 e. The summed E-state index contributed by atoms with van der Waals surface area (Å²) in [4.78, 5) is 0. The molecule has 0 radical (unpaired) electrons. The molecule has 0 spiro atoms. The van der Waals surface area contributed by atoms with E-state index in [1.54, 1.807) is 0 Å². The van der Waals surface area contributed by atoms with Gasteiger partial charge in [-0.25, -0.2) is 0 Å². The maximum absolute atomic E-state index is 6.34. The van der Waals surface area contributed by atoms with Gasteiger partial charge >= 0.3 is 0 Å². The van der Waals surface area contributed by atoms with Crippen molar-refractivity contribution in [1.29, 1.82) is 0 Å². The SMILES string of the molecule is CC(C)c1ccc2c(c1)OCCC(Cc1ccccc1C(C)(C)C)O2. The van der Waals surface area contributed by atoms with Crippen LogP contribution in [0.4, 0.5) is 0 Å². The van der Waals surface area contributed by atoms with Crippen molar-refractivity contribution < 1.29 is 9.47 Å². The summed E-state index contributed by atoms with van der Waals surface area (Å²) in [6.45, 7) is 11.9. The second kappa shape index (κ2) is 7.11. The molecule has 0 fully saturated rings. The fraction of sp³-hybridized carbons (Fsp3) is 0.478. The standard InChI is InChI=1S/C23H30O2/c1-16(2)17-10-11-21-22(15-17)24-13-12-19(25-21)14-18-8-6-7-9-20(18)23(3,4)5/h6-11,15-16,19H,12-14H2,1-5H3. The van der Waals surface area contributed by atoms with Crippen LogP contribution in [0.1, 0.15) is 63.6 Å². The van der Waals surface area contributed by atoms with E-state index in [0.717, 1.165) is 24.3 Å². The van der Waals surface area contributed by atoms with Crippen LogP contribution in [0, 0.1) is 0 Å². The van der Waals surface area contributed by atoms with Crippen LogP contribution in [0.5, 0.6) is 11.5 Å². The summed E-state index contributed by atoms with van der Waals surface area (Å²) in [7, 11) is 0. The lowest BCUT2D eigenvalue weighted by molar-refractivity contribution is 0.191. The first kappa shape index (κ1) is 17.8. The Morgan fingerprint density at radius 2 is 1.80 bits per heavy atom. The van der Waals surface area contributed by atoms with E-state index in [9.17, 15) is 0 Å². The van der Waals surface area contributed by atoms with Gasteiger partial charge in [-0.3, -0.25) is 0 Å². The van der Waals surface area contributed by atoms with Gasteiger partial charge < -0.3 is 9.47 Å². The van der Waals surface area contributed by atoms with E-state index in [-0.39, 0.29) is 11.5 Å². The van der Waals surface area contributed by atoms with Gasteiger partial charge in [0.05, 0.1) is 6.61 Å². The Morgan fingerprint density at radius 3 is 2.52 bits per heavy atom. The summed E-state index contributed by atoms with van der Waals surface area (Å²) < 4.78 is 12.3. The molecule has 0 N–H and O–H groups in total. The van der Waals surface area contributed by atoms with Crippen molar-refractivity contribution in [1.82, 2.24) is 0 Å². The lowest BCUT2D eigenvalue weighted by Crippen LogP contribution is -2.23. The highest BCUT2D eigenvalue weighted by atomic mass is 16.5. The van der Waals surface area contributed by atoms with Gasteiger partial charge in [0.15, 0.2) is 11.5 Å². The van der Waals surface area contributed by atoms with E-state index >= 15 is 0 Å². The molecule has 3 rings (SSSR count). The highest BCUT2D eigenvalue weighted by Crippen LogP contribution is 2.35. The van der Waals surface area contributed by atoms with Gasteiger partial charge in [0.2, 0.25) is 0 Å². The van der Waals surface area contributed by atoms with Gasteiger partial charge in [-0.05, 0) is 40.2 Å². The second-order valence-electron chi connectivity index (χ2n) is 8.35. The Kier molecular flexibility index (Phi) is 5.08. The molecule has 1 atom stereocenters. The van der Waals surface area contributed by atoms with E-state index in [1.165, 1.54) is 16.7 Å². The quantitative estimate of drug-likeness (QED) is 0.696. The van der Waals surface area contributed by atoms with Gasteiger partial charge in [0, 0.05) is 12.8 Å². The number of hydrogen-bond donors (Lipinski definition) is 0. The van der Waals surface area contributed by atoms with Crippen LogP contribution >= 0.6 is 0 Å². The average Bonchev–Trinajstić information content (AvgIpc) is 2.75. The first-order valence-electron chi connectivity index (χ1n) is 9.36. The molecule has 25 heavy (non-hydrogen) atoms. The van der Waals surface area contributed by atoms with E-state index < -0.39 is 0 Å². The van der Waals surface area contributed by atoms with Crippen LogP contribution in [0.2, 0.25) is 0 Å². The summed E-state index contributed by atoms with van der Waals surface area (Å²) in [5.74, 6) is 2.25. The first-order valence-corrected chi connectivity index (χ1v) is 9.36. The molecular formula is C23H30O2. The van der Waals surface area contributed by atoms with Crippen LogP contribution in [0.3, 0.4) is 0 Å². The highest BCUT2D eigenvalue weighted by Gasteiger charge is 2.23. The molecule has 1 aliphatic rings. The van der Waals surface area contributed by atoms with Gasteiger partial charge in [0.25, 0.3) is 0 Å². The van der Waals surface area contributed by atoms with E-state index in [1.807, 2.05) is 0 Å². The molecule has 0 aliphatic carbocycles. The number of ether oxygens (including phenoxy) is 2. The Morgan fingerprint density at radius 1 is 1.04 bits per heavy atom. The maximum Gasteiger partial charge on any atom is 0.161 e. The summed E-state index contributed by atoms with van der Waals surface area (Å²) in [6, 6.07) is 15.1. The molecule has 1 unspecified atom stereocenters. The number of fused-ring (bicyclic) bond motifs is 1. The molecular weight excluding hydrogens is 308 g/mol. The fourth-order valence-electron chi connectivity index (χ4n) is 3.45. The van der Waals surface area contributed by atoms with Crippen molar-refractivity contribution in [2.45, 2.75) is 64.9 Å². The fourth-order valence-corrected chi connectivity index (χ4v) is 3.45. The third-order valence-corrected chi connectivity index (χ3v) is 4.90. The zero-order chi connectivity index (χ0) is 18.0. The molecule has 1 aliphatic heterocycles. The van der Waals surface area contributed by atoms with Crippen LogP contribution < -0.4 is 9.47 Å². The van der Waals surface area contributed by atoms with Gasteiger partial charge in [0.1, 0.15) is 6.10 Å². The largest absolute Gasteiger partial charge is 0.490 e. The molecule has 1 heterocycles. The minimum absolute atomic E-state index is 0.141. The minimum Gasteiger partial charge on any atom is -0.490 e. The molecule has 0 bridgehead atoms. The summed E-state index contributed by atoms with van der Waals surface area (Å²) in [5.41, 5.74) is 4.21. The lowest BCUT2D eigenvalue weighted by Gasteiger charge is -2.25. The number of hydrogen-bond acceptors (Lipinski definition) is 2. The van der Waals surface area contributed by atoms with Gasteiger partial charge in [-0.15, -0.1) is 0 Å². The molecule has 0 amide bonds. The lowest BCUT2D eigenvalue weighted by atomic mass is 9.82. The van der Waals surface area contributed by atoms with Crippen molar-refractivity contribution >= 4 is 0 Å². The molecule has 2 aromatic rings. The van der Waals surface area contributed by atoms with Crippen LogP contribution in [0.15, 0.2) is 42.5 Å². The molecule has 0 saturated carbocycles. The van der Waals surface area contributed by atoms with Crippen molar-refractivity contribution in [3.05, 3.63) is 59.2 Å². The van der Waals surface area contributed by atoms with Crippen LogP contribution in [-0.4, -0.2) is 12.7 Å². The van der Waals surface area contributed by atoms with Crippen molar-refractivity contribution in [2.75, 3.05) is 6.61 Å². The molecule has 0 saturated heterocycles. The van der Waals surface area contributed by atoms with Crippen molar-refractivity contribution in [2.24, 2.45) is 0 Å². The molecule has 2 heteroatoms. The van der Waals surface area contributed by atoms with Crippen molar-refractivity contribution in [3.63, 3.8) is 0 Å². The first-order chi connectivity index (χ1) is 11.8. The third-order valence-electron chi connectivity index (χ3n) is 4.90. The molecule has 2 nitrogen and oxygen atoms in total. The zero-order valence-corrected chi connectivity index (χ0v) is 16.1. The van der Waals surface area contributed by atoms with Gasteiger partial charge in [-0.2, -0.15) is 0 Å². The monoisotopic (exact) mass is 338 g/mol. The van der Waals surface area contributed by atoms with E-state index in [0.29, 0.717) is 12.5 Å². The van der Waals surface area contributed by atoms with Gasteiger partial charge in [-0.1, -0.05) is 65.0 Å². The minimum atomic E-state index is 0.141. The predicted molar refractivity (Wildman–Crippen MR) is 104 cm³/mol. The number of rotatable bonds is 3. The summed E-state index contributed by atoms with van der Waals surface area (Å²) in [6.07, 6.45) is 1.97. The zero-order valence-electron chi connectivity index (χ0n) is 16.1. The Labute approximate surface area is 152 Å². The molecule has 0 aromatic heterocycles. The predicted octanol–water partition coefficient (Wildman–Crippen LogP) is 5.88. The van der Waals surface area contributed by atoms with E-state index in [4.69, 9.17) is 9.47 Å². The summed E-state index contributed by atoms with van der Waals surface area (Å²) >= 11 is 0. The Balaban J connectivity index is 1.82. The second-order valence-corrected chi connectivity index (χ2v) is 8.35. The molecule has 134 valence electrons. The van der Waals surface area contributed by atoms with Crippen molar-refractivity contribution in [3.8, 4) is 11.5 Å². The summed E-state index contributed by atoms with van der Waals surface area (Å²) in [5, 5.41) is 0. The third kappa shape index (κ3) is 4.18. The number of benzene rings is 2. The average molecular weight is 338 g/mol. The topological polar surface area (TPSA) is 18.5 Å². The normalized spacial score (nSPS) is 17.4. The highest BCUT2D eigenvalue weighted by molar-refractivity contribution is 5.44. The molecule has 2 aromatic carbocycles. The maximum atomic E-state index is 6.34. The Hall–Kier alpha value is -1.96.